The Hall–Kier alpha value is -4.02. The van der Waals surface area contributed by atoms with Gasteiger partial charge in [0.1, 0.15) is 4.90 Å². The molecule has 0 saturated carbocycles. The summed E-state index contributed by atoms with van der Waals surface area (Å²) >= 11 is 0. The molecule has 1 aliphatic rings. The molecule has 0 unspecified atom stereocenters. The van der Waals surface area contributed by atoms with E-state index in [4.69, 9.17) is 5.73 Å². The zero-order chi connectivity index (χ0) is 23.9. The van der Waals surface area contributed by atoms with Crippen LogP contribution >= 0.6 is 0 Å². The lowest BCUT2D eigenvalue weighted by Gasteiger charge is -2.23. The molecule has 0 fully saturated rings. The molecule has 0 aromatic heterocycles. The molecule has 33 heavy (non-hydrogen) atoms. The number of amides is 1. The van der Waals surface area contributed by atoms with Gasteiger partial charge < -0.3 is 16.4 Å². The zero-order valence-corrected chi connectivity index (χ0v) is 18.2. The Balaban J connectivity index is 1.86. The topological polar surface area (TPSA) is 156 Å². The fourth-order valence-corrected chi connectivity index (χ4v) is 4.29. The van der Waals surface area contributed by atoms with E-state index in [0.717, 1.165) is 6.07 Å². The molecule has 1 amide bonds. The number of benzene rings is 3. The van der Waals surface area contributed by atoms with Crippen LogP contribution in [0.25, 0.3) is 0 Å². The van der Waals surface area contributed by atoms with Crippen LogP contribution in [0.2, 0.25) is 0 Å². The van der Waals surface area contributed by atoms with Crippen molar-refractivity contribution in [3.05, 3.63) is 76.9 Å². The van der Waals surface area contributed by atoms with E-state index >= 15 is 0 Å². The van der Waals surface area contributed by atoms with Gasteiger partial charge in [0.15, 0.2) is 11.6 Å². The molecule has 0 heterocycles. The van der Waals surface area contributed by atoms with Gasteiger partial charge in [-0.25, -0.2) is 0 Å². The Labute approximate surface area is 189 Å². The van der Waals surface area contributed by atoms with E-state index in [0.29, 0.717) is 17.8 Å². The van der Waals surface area contributed by atoms with Gasteiger partial charge >= 0.3 is 0 Å². The molecule has 0 atom stereocenters. The van der Waals surface area contributed by atoms with Gasteiger partial charge in [-0.2, -0.15) is 8.42 Å². The number of nitrogens with two attached hydrogens (primary N) is 1. The summed E-state index contributed by atoms with van der Waals surface area (Å²) in [7, 11) is -4.80. The van der Waals surface area contributed by atoms with E-state index in [1.165, 1.54) is 12.1 Å². The van der Waals surface area contributed by atoms with Crippen LogP contribution in [0.1, 0.15) is 45.2 Å². The van der Waals surface area contributed by atoms with Gasteiger partial charge in [-0.15, -0.1) is 0 Å². The van der Waals surface area contributed by atoms with Crippen LogP contribution in [0.3, 0.4) is 0 Å². The number of nitrogen functional groups attached to an aromatic ring is 1. The lowest BCUT2D eigenvalue weighted by molar-refractivity contribution is -0.115. The molecule has 3 aromatic rings. The highest BCUT2D eigenvalue weighted by atomic mass is 32.2. The molecule has 168 valence electrons. The van der Waals surface area contributed by atoms with E-state index in [1.54, 1.807) is 43.3 Å². The molecule has 0 radical (unpaired) electrons. The molecule has 10 heteroatoms. The Morgan fingerprint density at radius 2 is 1.48 bits per heavy atom. The minimum Gasteiger partial charge on any atom is -0.397 e. The third-order valence-electron chi connectivity index (χ3n) is 5.25. The van der Waals surface area contributed by atoms with E-state index in [-0.39, 0.29) is 33.8 Å². The third-order valence-corrected chi connectivity index (χ3v) is 6.14. The summed E-state index contributed by atoms with van der Waals surface area (Å²) in [6.07, 6.45) is 0.313. The van der Waals surface area contributed by atoms with Crippen LogP contribution in [-0.4, -0.2) is 30.4 Å². The number of nitrogens with one attached hydrogen (secondary N) is 2. The van der Waals surface area contributed by atoms with Gasteiger partial charge in [-0.05, 0) is 30.3 Å². The monoisotopic (exact) mass is 465 g/mol. The SMILES string of the molecule is CCC(=O)Nc1ccc(Nc2cc(S(=O)(=O)O)c(N)c3c2C(=O)c2ccccc2C3=O)cc1. The Morgan fingerprint density at radius 3 is 2.03 bits per heavy atom. The summed E-state index contributed by atoms with van der Waals surface area (Å²) in [4.78, 5) is 37.3. The number of carbonyl (C=O) groups excluding carboxylic acids is 3. The number of carbonyl (C=O) groups is 3. The largest absolute Gasteiger partial charge is 0.397 e. The van der Waals surface area contributed by atoms with Crippen LogP contribution in [0.4, 0.5) is 22.7 Å². The highest BCUT2D eigenvalue weighted by molar-refractivity contribution is 7.86. The van der Waals surface area contributed by atoms with Crippen LogP contribution in [0, 0.1) is 0 Å². The summed E-state index contributed by atoms with van der Waals surface area (Å²) in [6.45, 7) is 1.72. The van der Waals surface area contributed by atoms with Crippen LogP contribution in [0.5, 0.6) is 0 Å². The van der Waals surface area contributed by atoms with Gasteiger partial charge in [0.25, 0.3) is 10.1 Å². The highest BCUT2D eigenvalue weighted by Gasteiger charge is 2.36. The van der Waals surface area contributed by atoms with Crippen molar-refractivity contribution in [2.45, 2.75) is 18.2 Å². The van der Waals surface area contributed by atoms with Crippen molar-refractivity contribution >= 4 is 50.3 Å². The number of rotatable bonds is 5. The predicted molar refractivity (Wildman–Crippen MR) is 123 cm³/mol. The van der Waals surface area contributed by atoms with Gasteiger partial charge in [0, 0.05) is 28.9 Å². The highest BCUT2D eigenvalue weighted by Crippen LogP contribution is 2.40. The maximum Gasteiger partial charge on any atom is 0.296 e. The van der Waals surface area contributed by atoms with Gasteiger partial charge in [0.05, 0.1) is 22.5 Å². The smallest absolute Gasteiger partial charge is 0.296 e. The average Bonchev–Trinajstić information content (AvgIpc) is 2.78. The summed E-state index contributed by atoms with van der Waals surface area (Å²) in [6, 6.07) is 13.6. The maximum absolute atomic E-state index is 13.3. The average molecular weight is 465 g/mol. The standard InChI is InChI=1S/C23H19N3O6S/c1-2-18(27)26-13-9-7-12(8-10-13)25-16-11-17(33(30,31)32)21(24)20-19(16)22(28)14-5-3-4-6-15(14)23(20)29/h3-11,25H,2,24H2,1H3,(H,26,27)(H,30,31,32). The molecule has 5 N–H and O–H groups in total. The Kier molecular flexibility index (Phi) is 5.48. The van der Waals surface area contributed by atoms with Crippen molar-refractivity contribution in [2.24, 2.45) is 0 Å². The van der Waals surface area contributed by atoms with Gasteiger partial charge in [-0.1, -0.05) is 31.2 Å². The molecular formula is C23H19N3O6S. The van der Waals surface area contributed by atoms with Crippen molar-refractivity contribution in [3.63, 3.8) is 0 Å². The number of fused-ring (bicyclic) bond motifs is 2. The van der Waals surface area contributed by atoms with Gasteiger partial charge in [0.2, 0.25) is 5.91 Å². The summed E-state index contributed by atoms with van der Waals surface area (Å²) < 4.78 is 33.6. The van der Waals surface area contributed by atoms with Crippen molar-refractivity contribution in [1.29, 1.82) is 0 Å². The number of ketones is 2. The van der Waals surface area contributed by atoms with Crippen molar-refractivity contribution in [3.8, 4) is 0 Å². The second-order valence-corrected chi connectivity index (χ2v) is 8.76. The van der Waals surface area contributed by atoms with Crippen molar-refractivity contribution in [1.82, 2.24) is 0 Å². The lowest BCUT2D eigenvalue weighted by atomic mass is 9.82. The second kappa shape index (κ2) is 8.15. The number of anilines is 4. The first-order valence-electron chi connectivity index (χ1n) is 9.91. The summed E-state index contributed by atoms with van der Waals surface area (Å²) in [5.74, 6) is -1.30. The first-order chi connectivity index (χ1) is 15.6. The van der Waals surface area contributed by atoms with Gasteiger partial charge in [-0.3, -0.25) is 18.9 Å². The molecule has 4 rings (SSSR count). The first kappa shape index (κ1) is 22.2. The zero-order valence-electron chi connectivity index (χ0n) is 17.4. The Bertz CT molecular complexity index is 1430. The second-order valence-electron chi connectivity index (χ2n) is 7.37. The molecule has 0 spiro atoms. The predicted octanol–water partition coefficient (Wildman–Crippen LogP) is 3.38. The van der Waals surface area contributed by atoms with Crippen molar-refractivity contribution < 1.29 is 27.4 Å². The fraction of sp³-hybridized carbons (Fsp3) is 0.0870. The van der Waals surface area contributed by atoms with E-state index in [9.17, 15) is 27.4 Å². The normalized spacial score (nSPS) is 12.7. The van der Waals surface area contributed by atoms with Crippen LogP contribution in [-0.2, 0) is 14.9 Å². The van der Waals surface area contributed by atoms with E-state index in [1.807, 2.05) is 0 Å². The Morgan fingerprint density at radius 1 is 0.939 bits per heavy atom. The van der Waals surface area contributed by atoms with E-state index < -0.39 is 32.3 Å². The molecule has 0 saturated heterocycles. The maximum atomic E-state index is 13.3. The van der Waals surface area contributed by atoms with Crippen LogP contribution in [0.15, 0.2) is 59.5 Å². The number of hydrogen-bond acceptors (Lipinski definition) is 7. The van der Waals surface area contributed by atoms with Crippen molar-refractivity contribution in [2.75, 3.05) is 16.4 Å². The molecule has 1 aliphatic carbocycles. The molecule has 0 bridgehead atoms. The third kappa shape index (κ3) is 3.97. The lowest BCUT2D eigenvalue weighted by Crippen LogP contribution is -2.25. The summed E-state index contributed by atoms with van der Waals surface area (Å²) in [5, 5.41) is 5.63. The molecule has 3 aromatic carbocycles. The fourth-order valence-electron chi connectivity index (χ4n) is 3.65. The quantitative estimate of drug-likeness (QED) is 0.258. The summed E-state index contributed by atoms with van der Waals surface area (Å²) in [5.41, 5.74) is 6.32. The minimum atomic E-state index is -4.80. The van der Waals surface area contributed by atoms with Crippen LogP contribution < -0.4 is 16.4 Å². The molecular weight excluding hydrogens is 446 g/mol. The minimum absolute atomic E-state index is 0.00924. The first-order valence-corrected chi connectivity index (χ1v) is 11.3. The van der Waals surface area contributed by atoms with E-state index in [2.05, 4.69) is 10.6 Å². The molecule has 0 aliphatic heterocycles. The number of hydrogen-bond donors (Lipinski definition) is 4. The molecule has 9 nitrogen and oxygen atoms in total.